The predicted octanol–water partition coefficient (Wildman–Crippen LogP) is 7.92. The Kier molecular flexibility index (Phi) is 10.3. The van der Waals surface area contributed by atoms with Crippen LogP contribution in [-0.2, 0) is 26.2 Å². The lowest BCUT2D eigenvalue weighted by atomic mass is 10.1. The summed E-state index contributed by atoms with van der Waals surface area (Å²) in [6.45, 7) is 7.27. The first-order chi connectivity index (χ1) is 18.7. The fraction of sp³-hybridized carbons (Fsp3) is 0.235. The fourth-order valence-electron chi connectivity index (χ4n) is 4.41. The van der Waals surface area contributed by atoms with Crippen LogP contribution in [0.15, 0.2) is 132 Å². The Bertz CT molecular complexity index is 1190. The molecule has 0 radical (unpaired) electrons. The first-order valence-corrected chi connectivity index (χ1v) is 13.5. The monoisotopic (exact) mass is 502 g/mol. The van der Waals surface area contributed by atoms with E-state index in [1.165, 1.54) is 22.3 Å². The van der Waals surface area contributed by atoms with Crippen molar-refractivity contribution in [3.63, 3.8) is 0 Å². The lowest BCUT2D eigenvalue weighted by Gasteiger charge is -2.23. The SMILES string of the molecule is CCCC(=N\N(Cc1ccccc1)Cc1ccccc1)/C(C)=N/N(Cc1ccccc1)Cc1ccccc1. The van der Waals surface area contributed by atoms with Crippen molar-refractivity contribution in [3.8, 4) is 0 Å². The van der Waals surface area contributed by atoms with Gasteiger partial charge in [-0.05, 0) is 35.6 Å². The maximum absolute atomic E-state index is 5.22. The van der Waals surface area contributed by atoms with Crippen molar-refractivity contribution >= 4 is 11.4 Å². The zero-order valence-corrected chi connectivity index (χ0v) is 22.6. The van der Waals surface area contributed by atoms with Crippen LogP contribution < -0.4 is 0 Å². The molecule has 0 bridgehead atoms. The van der Waals surface area contributed by atoms with E-state index in [9.17, 15) is 0 Å². The van der Waals surface area contributed by atoms with Crippen LogP contribution in [0, 0.1) is 0 Å². The van der Waals surface area contributed by atoms with E-state index < -0.39 is 0 Å². The Morgan fingerprint density at radius 3 is 1.13 bits per heavy atom. The van der Waals surface area contributed by atoms with Gasteiger partial charge in [0.25, 0.3) is 0 Å². The summed E-state index contributed by atoms with van der Waals surface area (Å²) in [5.74, 6) is 0. The molecular weight excluding hydrogens is 464 g/mol. The minimum Gasteiger partial charge on any atom is -0.288 e. The smallest absolute Gasteiger partial charge is 0.0834 e. The predicted molar refractivity (Wildman–Crippen MR) is 160 cm³/mol. The average Bonchev–Trinajstić information content (AvgIpc) is 2.95. The third kappa shape index (κ3) is 8.74. The molecule has 4 nitrogen and oxygen atoms in total. The van der Waals surface area contributed by atoms with Gasteiger partial charge in [-0.3, -0.25) is 10.0 Å². The van der Waals surface area contributed by atoms with E-state index >= 15 is 0 Å². The van der Waals surface area contributed by atoms with Gasteiger partial charge in [0, 0.05) is 0 Å². The van der Waals surface area contributed by atoms with Gasteiger partial charge in [-0.15, -0.1) is 0 Å². The van der Waals surface area contributed by atoms with Gasteiger partial charge in [-0.25, -0.2) is 0 Å². The van der Waals surface area contributed by atoms with E-state index in [-0.39, 0.29) is 0 Å². The van der Waals surface area contributed by atoms with Gasteiger partial charge in [0.05, 0.1) is 37.6 Å². The Morgan fingerprint density at radius 1 is 0.500 bits per heavy atom. The van der Waals surface area contributed by atoms with Crippen molar-refractivity contribution in [1.82, 2.24) is 10.0 Å². The molecule has 0 atom stereocenters. The zero-order valence-electron chi connectivity index (χ0n) is 22.6. The normalized spacial score (nSPS) is 11.8. The topological polar surface area (TPSA) is 31.2 Å². The number of hydrazone groups is 2. The van der Waals surface area contributed by atoms with Crippen molar-refractivity contribution in [2.75, 3.05) is 0 Å². The van der Waals surface area contributed by atoms with E-state index in [1.54, 1.807) is 0 Å². The van der Waals surface area contributed by atoms with Crippen LogP contribution in [0.25, 0.3) is 0 Å². The third-order valence-corrected chi connectivity index (χ3v) is 6.29. The van der Waals surface area contributed by atoms with E-state index in [0.29, 0.717) is 0 Å². The molecule has 0 saturated heterocycles. The molecule has 4 heteroatoms. The van der Waals surface area contributed by atoms with E-state index in [2.05, 4.69) is 145 Å². The second kappa shape index (κ2) is 14.5. The van der Waals surface area contributed by atoms with Gasteiger partial charge in [0.15, 0.2) is 0 Å². The average molecular weight is 503 g/mol. The van der Waals surface area contributed by atoms with E-state index in [1.807, 2.05) is 0 Å². The maximum atomic E-state index is 5.22. The van der Waals surface area contributed by atoms with Crippen LogP contribution in [-0.4, -0.2) is 21.4 Å². The lowest BCUT2D eigenvalue weighted by molar-refractivity contribution is 0.267. The molecule has 0 N–H and O–H groups in total. The van der Waals surface area contributed by atoms with Gasteiger partial charge >= 0.3 is 0 Å². The van der Waals surface area contributed by atoms with Crippen LogP contribution in [0.5, 0.6) is 0 Å². The molecule has 0 spiro atoms. The molecule has 194 valence electrons. The summed E-state index contributed by atoms with van der Waals surface area (Å²) in [7, 11) is 0. The largest absolute Gasteiger partial charge is 0.288 e. The van der Waals surface area contributed by atoms with Crippen LogP contribution in [0.3, 0.4) is 0 Å². The van der Waals surface area contributed by atoms with Crippen molar-refractivity contribution in [3.05, 3.63) is 144 Å². The van der Waals surface area contributed by atoms with Crippen molar-refractivity contribution in [2.45, 2.75) is 52.9 Å². The molecule has 4 aromatic rings. The Hall–Kier alpha value is -4.18. The summed E-state index contributed by atoms with van der Waals surface area (Å²) >= 11 is 0. The summed E-state index contributed by atoms with van der Waals surface area (Å²) in [4.78, 5) is 0. The van der Waals surface area contributed by atoms with Gasteiger partial charge in [-0.1, -0.05) is 135 Å². The second-order valence-electron chi connectivity index (χ2n) is 9.57. The number of nitrogens with zero attached hydrogens (tertiary/aromatic N) is 4. The Morgan fingerprint density at radius 2 is 0.816 bits per heavy atom. The summed E-state index contributed by atoms with van der Waals surface area (Å²) in [6.07, 6.45) is 1.88. The van der Waals surface area contributed by atoms with E-state index in [4.69, 9.17) is 10.2 Å². The molecule has 0 unspecified atom stereocenters. The first kappa shape index (κ1) is 26.9. The molecule has 0 amide bonds. The quantitative estimate of drug-likeness (QED) is 0.137. The molecule has 0 saturated carbocycles. The summed E-state index contributed by atoms with van der Waals surface area (Å²) in [6, 6.07) is 42.2. The molecule has 0 aromatic heterocycles. The second-order valence-corrected chi connectivity index (χ2v) is 9.57. The van der Waals surface area contributed by atoms with Crippen LogP contribution in [0.1, 0.15) is 48.9 Å². The molecule has 38 heavy (non-hydrogen) atoms. The summed E-state index contributed by atoms with van der Waals surface area (Å²) in [5.41, 5.74) is 6.96. The Balaban J connectivity index is 1.63. The highest BCUT2D eigenvalue weighted by Gasteiger charge is 2.12. The molecule has 4 aromatic carbocycles. The first-order valence-electron chi connectivity index (χ1n) is 13.5. The molecule has 0 aliphatic rings. The number of benzene rings is 4. The Labute approximate surface area is 228 Å². The molecule has 0 heterocycles. The summed E-state index contributed by atoms with van der Waals surface area (Å²) in [5, 5.41) is 14.7. The maximum Gasteiger partial charge on any atom is 0.0834 e. The highest BCUT2D eigenvalue weighted by atomic mass is 15.5. The number of rotatable bonds is 13. The summed E-state index contributed by atoms with van der Waals surface area (Å²) < 4.78 is 0. The lowest BCUT2D eigenvalue weighted by Crippen LogP contribution is -2.25. The molecule has 0 aliphatic heterocycles. The highest BCUT2D eigenvalue weighted by Crippen LogP contribution is 2.14. The molecule has 0 fully saturated rings. The molecule has 0 aliphatic carbocycles. The highest BCUT2D eigenvalue weighted by molar-refractivity contribution is 6.41. The van der Waals surface area contributed by atoms with Crippen molar-refractivity contribution in [2.24, 2.45) is 10.2 Å². The van der Waals surface area contributed by atoms with Gasteiger partial charge < -0.3 is 0 Å². The van der Waals surface area contributed by atoms with Crippen molar-refractivity contribution < 1.29 is 0 Å². The van der Waals surface area contributed by atoms with Crippen LogP contribution in [0.4, 0.5) is 0 Å². The van der Waals surface area contributed by atoms with Crippen molar-refractivity contribution in [1.29, 1.82) is 0 Å². The van der Waals surface area contributed by atoms with Gasteiger partial charge in [-0.2, -0.15) is 10.2 Å². The standard InChI is InChI=1S/C34H38N4/c1-3-16-34(36-38(27-32-21-12-6-13-22-32)28-33-23-14-7-15-24-33)29(2)35-37(25-30-17-8-4-9-18-30)26-31-19-10-5-11-20-31/h4-15,17-24H,3,16,25-28H2,1-2H3/b35-29+,36-34+. The molecular formula is C34H38N4. The van der Waals surface area contributed by atoms with Gasteiger partial charge in [0.1, 0.15) is 0 Å². The van der Waals surface area contributed by atoms with Crippen LogP contribution in [0.2, 0.25) is 0 Å². The zero-order chi connectivity index (χ0) is 26.4. The third-order valence-electron chi connectivity index (χ3n) is 6.29. The number of hydrogen-bond donors (Lipinski definition) is 0. The van der Waals surface area contributed by atoms with E-state index in [0.717, 1.165) is 50.4 Å². The molecule has 4 rings (SSSR count). The fourth-order valence-corrected chi connectivity index (χ4v) is 4.41. The number of hydrogen-bond acceptors (Lipinski definition) is 4. The van der Waals surface area contributed by atoms with Crippen LogP contribution >= 0.6 is 0 Å². The minimum absolute atomic E-state index is 0.740. The minimum atomic E-state index is 0.740. The van der Waals surface area contributed by atoms with Gasteiger partial charge in [0.2, 0.25) is 0 Å².